The Morgan fingerprint density at radius 1 is 1.24 bits per heavy atom. The Labute approximate surface area is 129 Å². The van der Waals surface area contributed by atoms with E-state index in [1.165, 1.54) is 6.07 Å². The van der Waals surface area contributed by atoms with Gasteiger partial charge < -0.3 is 10.1 Å². The van der Waals surface area contributed by atoms with Crippen molar-refractivity contribution in [3.05, 3.63) is 64.4 Å². The molecule has 0 aliphatic carbocycles. The first-order valence-corrected chi connectivity index (χ1v) is 7.38. The predicted octanol–water partition coefficient (Wildman–Crippen LogP) is 4.73. The first kappa shape index (κ1) is 15.8. The minimum atomic E-state index is -0.348. The van der Waals surface area contributed by atoms with Crippen LogP contribution in [-0.4, -0.2) is 6.54 Å². The average molecular weight is 308 g/mol. The maximum atomic E-state index is 13.7. The molecule has 2 nitrogen and oxygen atoms in total. The lowest BCUT2D eigenvalue weighted by atomic mass is 10.1. The van der Waals surface area contributed by atoms with E-state index < -0.39 is 0 Å². The van der Waals surface area contributed by atoms with Crippen molar-refractivity contribution in [2.75, 3.05) is 6.54 Å². The largest absolute Gasteiger partial charge is 0.489 e. The molecule has 0 spiro atoms. The fourth-order valence-corrected chi connectivity index (χ4v) is 2.26. The summed E-state index contributed by atoms with van der Waals surface area (Å²) in [7, 11) is 0. The molecule has 4 heteroatoms. The second-order valence-electron chi connectivity index (χ2n) is 4.88. The molecule has 21 heavy (non-hydrogen) atoms. The fourth-order valence-electron chi connectivity index (χ4n) is 2.10. The van der Waals surface area contributed by atoms with Crippen LogP contribution in [0.25, 0.3) is 0 Å². The summed E-state index contributed by atoms with van der Waals surface area (Å²) in [4.78, 5) is 0. The third kappa shape index (κ3) is 4.45. The Kier molecular flexibility index (Phi) is 5.59. The molecule has 2 aromatic rings. The van der Waals surface area contributed by atoms with Gasteiger partial charge in [-0.15, -0.1) is 0 Å². The van der Waals surface area contributed by atoms with Crippen LogP contribution in [0.5, 0.6) is 5.75 Å². The van der Waals surface area contributed by atoms with Crippen molar-refractivity contribution >= 4 is 11.6 Å². The van der Waals surface area contributed by atoms with Crippen molar-refractivity contribution in [2.45, 2.75) is 26.5 Å². The summed E-state index contributed by atoms with van der Waals surface area (Å²) >= 11 is 5.73. The quantitative estimate of drug-likeness (QED) is 0.833. The van der Waals surface area contributed by atoms with E-state index in [-0.39, 0.29) is 18.5 Å². The normalized spacial score (nSPS) is 12.2. The van der Waals surface area contributed by atoms with Crippen molar-refractivity contribution in [3.63, 3.8) is 0 Å². The molecule has 0 fully saturated rings. The predicted molar refractivity (Wildman–Crippen MR) is 84.3 cm³/mol. The number of nitrogens with one attached hydrogen (secondary N) is 1. The minimum Gasteiger partial charge on any atom is -0.489 e. The Morgan fingerprint density at radius 2 is 2.05 bits per heavy atom. The molecule has 1 unspecified atom stereocenters. The van der Waals surface area contributed by atoms with E-state index in [1.54, 1.807) is 12.1 Å². The van der Waals surface area contributed by atoms with Crippen molar-refractivity contribution in [1.29, 1.82) is 0 Å². The van der Waals surface area contributed by atoms with Gasteiger partial charge in [0.1, 0.15) is 18.2 Å². The third-order valence-corrected chi connectivity index (χ3v) is 3.51. The number of halogens is 2. The van der Waals surface area contributed by atoms with Gasteiger partial charge in [-0.25, -0.2) is 4.39 Å². The lowest BCUT2D eigenvalue weighted by Crippen LogP contribution is -2.17. The summed E-state index contributed by atoms with van der Waals surface area (Å²) in [5.74, 6) is 0.381. The van der Waals surface area contributed by atoms with E-state index >= 15 is 0 Å². The van der Waals surface area contributed by atoms with Crippen LogP contribution in [0.4, 0.5) is 4.39 Å². The number of hydrogen-bond donors (Lipinski definition) is 1. The number of ether oxygens (including phenoxy) is 1. The molecule has 1 N–H and O–H groups in total. The van der Waals surface area contributed by atoms with Gasteiger partial charge in [0, 0.05) is 16.6 Å². The van der Waals surface area contributed by atoms with E-state index in [9.17, 15) is 4.39 Å². The van der Waals surface area contributed by atoms with Gasteiger partial charge in [-0.05, 0) is 43.3 Å². The zero-order valence-corrected chi connectivity index (χ0v) is 13.0. The van der Waals surface area contributed by atoms with E-state index in [0.717, 1.165) is 17.9 Å². The third-order valence-electron chi connectivity index (χ3n) is 3.28. The van der Waals surface area contributed by atoms with Crippen LogP contribution < -0.4 is 10.1 Å². The van der Waals surface area contributed by atoms with Gasteiger partial charge in [0.25, 0.3) is 0 Å². The molecule has 1 atom stereocenters. The maximum absolute atomic E-state index is 13.7. The highest BCUT2D eigenvalue weighted by Crippen LogP contribution is 2.21. The smallest absolute Gasteiger partial charge is 0.131 e. The van der Waals surface area contributed by atoms with Crippen LogP contribution in [0.3, 0.4) is 0 Å². The second-order valence-corrected chi connectivity index (χ2v) is 5.31. The van der Waals surface area contributed by atoms with Gasteiger partial charge in [-0.3, -0.25) is 0 Å². The first-order valence-electron chi connectivity index (χ1n) is 7.00. The highest BCUT2D eigenvalue weighted by molar-refractivity contribution is 6.30. The molecule has 0 radical (unpaired) electrons. The lowest BCUT2D eigenvalue weighted by Gasteiger charge is -2.14. The van der Waals surface area contributed by atoms with Crippen LogP contribution in [0.2, 0.25) is 5.02 Å². The molecule has 0 saturated heterocycles. The van der Waals surface area contributed by atoms with Crippen LogP contribution in [0.15, 0.2) is 42.5 Å². The molecular weight excluding hydrogens is 289 g/mol. The molecule has 0 aliphatic rings. The number of rotatable bonds is 6. The van der Waals surface area contributed by atoms with Crippen LogP contribution in [0, 0.1) is 5.82 Å². The molecule has 2 aromatic carbocycles. The van der Waals surface area contributed by atoms with E-state index in [4.69, 9.17) is 16.3 Å². The monoisotopic (exact) mass is 307 g/mol. The molecule has 0 heterocycles. The van der Waals surface area contributed by atoms with Gasteiger partial charge in [0.05, 0.1) is 0 Å². The van der Waals surface area contributed by atoms with Crippen LogP contribution >= 0.6 is 11.6 Å². The summed E-state index contributed by atoms with van der Waals surface area (Å²) < 4.78 is 19.4. The second kappa shape index (κ2) is 7.43. The van der Waals surface area contributed by atoms with E-state index in [1.807, 2.05) is 24.3 Å². The molecule has 0 aromatic heterocycles. The van der Waals surface area contributed by atoms with E-state index in [2.05, 4.69) is 19.2 Å². The van der Waals surface area contributed by atoms with E-state index in [0.29, 0.717) is 10.6 Å². The Balaban J connectivity index is 2.04. The highest BCUT2D eigenvalue weighted by atomic mass is 35.5. The lowest BCUT2D eigenvalue weighted by molar-refractivity contribution is 0.299. The summed E-state index contributed by atoms with van der Waals surface area (Å²) in [6.45, 7) is 5.26. The SMILES string of the molecule is CCNC(C)c1cccc(OCc2ccc(Cl)cc2F)c1. The average Bonchev–Trinajstić information content (AvgIpc) is 2.47. The zero-order valence-electron chi connectivity index (χ0n) is 12.2. The number of hydrogen-bond acceptors (Lipinski definition) is 2. The summed E-state index contributed by atoms with van der Waals surface area (Å²) in [5.41, 5.74) is 1.63. The van der Waals surface area contributed by atoms with Crippen LogP contribution in [-0.2, 0) is 6.61 Å². The Morgan fingerprint density at radius 3 is 2.76 bits per heavy atom. The molecule has 0 saturated carbocycles. The van der Waals surface area contributed by atoms with Crippen molar-refractivity contribution in [2.24, 2.45) is 0 Å². The first-order chi connectivity index (χ1) is 10.1. The molecule has 2 rings (SSSR count). The summed E-state index contributed by atoms with van der Waals surface area (Å²) in [6, 6.07) is 12.7. The number of benzene rings is 2. The van der Waals surface area contributed by atoms with Crippen LogP contribution in [0.1, 0.15) is 31.0 Å². The zero-order chi connectivity index (χ0) is 15.2. The molecular formula is C17H19ClFNO. The van der Waals surface area contributed by atoms with Gasteiger partial charge in [-0.2, -0.15) is 0 Å². The standard InChI is InChI=1S/C17H19ClFNO/c1-3-20-12(2)13-5-4-6-16(9-13)21-11-14-7-8-15(18)10-17(14)19/h4-10,12,20H,3,11H2,1-2H3. The van der Waals surface area contributed by atoms with Crippen molar-refractivity contribution < 1.29 is 9.13 Å². The summed E-state index contributed by atoms with van der Waals surface area (Å²) in [5, 5.41) is 3.73. The molecule has 0 amide bonds. The molecule has 0 aliphatic heterocycles. The molecule has 0 bridgehead atoms. The minimum absolute atomic E-state index is 0.183. The Bertz CT molecular complexity index is 603. The van der Waals surface area contributed by atoms with Gasteiger partial charge in [-0.1, -0.05) is 36.7 Å². The Hall–Kier alpha value is -1.58. The highest BCUT2D eigenvalue weighted by Gasteiger charge is 2.07. The van der Waals surface area contributed by atoms with Crippen molar-refractivity contribution in [3.8, 4) is 5.75 Å². The van der Waals surface area contributed by atoms with Crippen molar-refractivity contribution in [1.82, 2.24) is 5.32 Å². The van der Waals surface area contributed by atoms with Gasteiger partial charge >= 0.3 is 0 Å². The topological polar surface area (TPSA) is 21.3 Å². The van der Waals surface area contributed by atoms with Gasteiger partial charge in [0.15, 0.2) is 0 Å². The van der Waals surface area contributed by atoms with Gasteiger partial charge in [0.2, 0.25) is 0 Å². The maximum Gasteiger partial charge on any atom is 0.131 e. The fraction of sp³-hybridized carbons (Fsp3) is 0.294. The molecule has 112 valence electrons. The summed E-state index contributed by atoms with van der Waals surface area (Å²) in [6.07, 6.45) is 0.